The zero-order chi connectivity index (χ0) is 18.9. The number of carbonyl (C=O) groups is 1. The Labute approximate surface area is 154 Å². The van der Waals surface area contributed by atoms with E-state index in [9.17, 15) is 4.79 Å². The molecule has 0 aliphatic carbocycles. The number of benzene rings is 1. The first-order valence-corrected chi connectivity index (χ1v) is 8.74. The Morgan fingerprint density at radius 2 is 1.85 bits per heavy atom. The van der Waals surface area contributed by atoms with Crippen molar-refractivity contribution >= 4 is 17.5 Å². The molecular weight excluding hydrogens is 332 g/mol. The first-order valence-electron chi connectivity index (χ1n) is 8.74. The smallest absolute Gasteiger partial charge is 0.272 e. The SMILES string of the molecule is CCCN(CCC)C(=O)c1ccnc(Nc2cc(OC)ccc2OC)n1. The highest BCUT2D eigenvalue weighted by Gasteiger charge is 2.17. The topological polar surface area (TPSA) is 76.6 Å². The number of methoxy groups -OCH3 is 2. The number of rotatable bonds is 9. The maximum Gasteiger partial charge on any atom is 0.272 e. The van der Waals surface area contributed by atoms with Crippen LogP contribution >= 0.6 is 0 Å². The van der Waals surface area contributed by atoms with E-state index in [0.29, 0.717) is 41.9 Å². The van der Waals surface area contributed by atoms with Gasteiger partial charge in [0, 0.05) is 25.4 Å². The number of nitrogens with one attached hydrogen (secondary N) is 1. The van der Waals surface area contributed by atoms with E-state index < -0.39 is 0 Å². The Kier molecular flexibility index (Phi) is 7.20. The Morgan fingerprint density at radius 1 is 1.12 bits per heavy atom. The average Bonchev–Trinajstić information content (AvgIpc) is 2.67. The lowest BCUT2D eigenvalue weighted by Crippen LogP contribution is -2.33. The molecule has 1 heterocycles. The van der Waals surface area contributed by atoms with Gasteiger partial charge in [0.2, 0.25) is 5.95 Å². The van der Waals surface area contributed by atoms with Crippen molar-refractivity contribution in [2.24, 2.45) is 0 Å². The van der Waals surface area contributed by atoms with Gasteiger partial charge in [-0.1, -0.05) is 13.8 Å². The molecule has 1 aromatic heterocycles. The van der Waals surface area contributed by atoms with Crippen molar-refractivity contribution in [2.75, 3.05) is 32.6 Å². The summed E-state index contributed by atoms with van der Waals surface area (Å²) in [7, 11) is 3.18. The summed E-state index contributed by atoms with van der Waals surface area (Å²) in [5.74, 6) is 1.55. The molecule has 0 aliphatic heterocycles. The molecule has 0 saturated heterocycles. The fourth-order valence-electron chi connectivity index (χ4n) is 2.59. The third kappa shape index (κ3) is 4.84. The third-order valence-corrected chi connectivity index (χ3v) is 3.80. The molecule has 0 spiro atoms. The first-order chi connectivity index (χ1) is 12.6. The highest BCUT2D eigenvalue weighted by molar-refractivity contribution is 5.92. The fraction of sp³-hybridized carbons (Fsp3) is 0.421. The molecule has 0 aliphatic rings. The van der Waals surface area contributed by atoms with E-state index in [2.05, 4.69) is 29.1 Å². The maximum atomic E-state index is 12.7. The molecule has 0 fully saturated rings. The molecule has 2 aromatic rings. The van der Waals surface area contributed by atoms with Gasteiger partial charge in [-0.15, -0.1) is 0 Å². The van der Waals surface area contributed by atoms with Crippen molar-refractivity contribution in [1.82, 2.24) is 14.9 Å². The molecule has 0 bridgehead atoms. The largest absolute Gasteiger partial charge is 0.497 e. The Bertz CT molecular complexity index is 730. The van der Waals surface area contributed by atoms with Gasteiger partial charge in [-0.25, -0.2) is 9.97 Å². The standard InChI is InChI=1S/C19H26N4O3/c1-5-11-23(12-6-2)18(24)15-9-10-20-19(21-15)22-16-13-14(25-3)7-8-17(16)26-4/h7-10,13H,5-6,11-12H2,1-4H3,(H,20,21,22). The van der Waals surface area contributed by atoms with Crippen LogP contribution in [0.3, 0.4) is 0 Å². The molecule has 7 heteroatoms. The van der Waals surface area contributed by atoms with E-state index in [0.717, 1.165) is 12.8 Å². The predicted octanol–water partition coefficient (Wildman–Crippen LogP) is 3.50. The van der Waals surface area contributed by atoms with Gasteiger partial charge in [0.15, 0.2) is 0 Å². The summed E-state index contributed by atoms with van der Waals surface area (Å²) in [4.78, 5) is 23.1. The summed E-state index contributed by atoms with van der Waals surface area (Å²) in [5, 5.41) is 3.10. The zero-order valence-electron chi connectivity index (χ0n) is 15.8. The number of hydrogen-bond acceptors (Lipinski definition) is 6. The summed E-state index contributed by atoms with van der Waals surface area (Å²) in [6.07, 6.45) is 3.39. The van der Waals surface area contributed by atoms with Crippen LogP contribution in [0.15, 0.2) is 30.5 Å². The van der Waals surface area contributed by atoms with Crippen molar-refractivity contribution < 1.29 is 14.3 Å². The molecule has 7 nitrogen and oxygen atoms in total. The highest BCUT2D eigenvalue weighted by Crippen LogP contribution is 2.30. The van der Waals surface area contributed by atoms with E-state index in [1.807, 2.05) is 4.90 Å². The molecule has 0 radical (unpaired) electrons. The van der Waals surface area contributed by atoms with Gasteiger partial charge in [-0.2, -0.15) is 0 Å². The average molecular weight is 358 g/mol. The molecule has 0 atom stereocenters. The van der Waals surface area contributed by atoms with Crippen molar-refractivity contribution in [3.63, 3.8) is 0 Å². The van der Waals surface area contributed by atoms with E-state index in [-0.39, 0.29) is 5.91 Å². The number of ether oxygens (including phenoxy) is 2. The second-order valence-corrected chi connectivity index (χ2v) is 5.75. The van der Waals surface area contributed by atoms with Crippen LogP contribution in [0.5, 0.6) is 11.5 Å². The van der Waals surface area contributed by atoms with Crippen molar-refractivity contribution in [3.8, 4) is 11.5 Å². The maximum absolute atomic E-state index is 12.7. The van der Waals surface area contributed by atoms with E-state index >= 15 is 0 Å². The number of carbonyl (C=O) groups excluding carboxylic acids is 1. The molecular formula is C19H26N4O3. The monoisotopic (exact) mass is 358 g/mol. The van der Waals surface area contributed by atoms with Gasteiger partial charge in [-0.05, 0) is 31.0 Å². The molecule has 1 aromatic carbocycles. The highest BCUT2D eigenvalue weighted by atomic mass is 16.5. The fourth-order valence-corrected chi connectivity index (χ4v) is 2.59. The number of hydrogen-bond donors (Lipinski definition) is 1. The quantitative estimate of drug-likeness (QED) is 0.739. The van der Waals surface area contributed by atoms with Gasteiger partial charge in [0.05, 0.1) is 19.9 Å². The lowest BCUT2D eigenvalue weighted by Gasteiger charge is -2.21. The zero-order valence-corrected chi connectivity index (χ0v) is 15.8. The number of amides is 1. The molecule has 26 heavy (non-hydrogen) atoms. The van der Waals surface area contributed by atoms with Crippen molar-refractivity contribution in [1.29, 1.82) is 0 Å². The third-order valence-electron chi connectivity index (χ3n) is 3.80. The molecule has 2 rings (SSSR count). The van der Waals surface area contributed by atoms with Crippen molar-refractivity contribution in [2.45, 2.75) is 26.7 Å². The molecule has 0 unspecified atom stereocenters. The van der Waals surface area contributed by atoms with Crippen LogP contribution < -0.4 is 14.8 Å². The minimum atomic E-state index is -0.0863. The van der Waals surface area contributed by atoms with Crippen LogP contribution in [0.25, 0.3) is 0 Å². The second-order valence-electron chi connectivity index (χ2n) is 5.75. The van der Waals surface area contributed by atoms with Gasteiger partial charge in [0.25, 0.3) is 5.91 Å². The lowest BCUT2D eigenvalue weighted by atomic mass is 10.2. The summed E-state index contributed by atoms with van der Waals surface area (Å²) in [5.41, 5.74) is 1.03. The van der Waals surface area contributed by atoms with E-state index in [4.69, 9.17) is 9.47 Å². The summed E-state index contributed by atoms with van der Waals surface area (Å²) in [6.45, 7) is 5.53. The molecule has 140 valence electrons. The van der Waals surface area contributed by atoms with Gasteiger partial charge < -0.3 is 19.7 Å². The van der Waals surface area contributed by atoms with Crippen LogP contribution in [-0.4, -0.2) is 48.1 Å². The summed E-state index contributed by atoms with van der Waals surface area (Å²) in [6, 6.07) is 7.02. The summed E-state index contributed by atoms with van der Waals surface area (Å²) < 4.78 is 10.6. The Morgan fingerprint density at radius 3 is 2.46 bits per heavy atom. The van der Waals surface area contributed by atoms with Crippen molar-refractivity contribution in [3.05, 3.63) is 36.2 Å². The van der Waals surface area contributed by atoms with Gasteiger partial charge in [-0.3, -0.25) is 4.79 Å². The lowest BCUT2D eigenvalue weighted by molar-refractivity contribution is 0.0749. The normalized spacial score (nSPS) is 10.3. The molecule has 1 N–H and O–H groups in total. The predicted molar refractivity (Wildman–Crippen MR) is 101 cm³/mol. The van der Waals surface area contributed by atoms with Crippen LogP contribution in [0.4, 0.5) is 11.6 Å². The van der Waals surface area contributed by atoms with Crippen LogP contribution in [0.2, 0.25) is 0 Å². The molecule has 0 saturated carbocycles. The first kappa shape index (κ1) is 19.5. The summed E-state index contributed by atoms with van der Waals surface area (Å²) >= 11 is 0. The minimum absolute atomic E-state index is 0.0863. The molecule has 1 amide bonds. The number of nitrogens with zero attached hydrogens (tertiary/aromatic N) is 3. The Hall–Kier alpha value is -2.83. The minimum Gasteiger partial charge on any atom is -0.497 e. The van der Waals surface area contributed by atoms with E-state index in [1.54, 1.807) is 44.7 Å². The van der Waals surface area contributed by atoms with Crippen LogP contribution in [0.1, 0.15) is 37.2 Å². The van der Waals surface area contributed by atoms with Crippen LogP contribution in [0, 0.1) is 0 Å². The number of anilines is 2. The number of aromatic nitrogens is 2. The van der Waals surface area contributed by atoms with Crippen LogP contribution in [-0.2, 0) is 0 Å². The van der Waals surface area contributed by atoms with Gasteiger partial charge >= 0.3 is 0 Å². The second kappa shape index (κ2) is 9.60. The Balaban J connectivity index is 2.25. The van der Waals surface area contributed by atoms with Gasteiger partial charge in [0.1, 0.15) is 17.2 Å². The van der Waals surface area contributed by atoms with E-state index in [1.165, 1.54) is 0 Å².